The van der Waals surface area contributed by atoms with E-state index in [1.165, 1.54) is 0 Å². The monoisotopic (exact) mass is 254 g/mol. The Hall–Kier alpha value is -0.870. The Bertz CT molecular complexity index is 490. The molecule has 0 unspecified atom stereocenters. The van der Waals surface area contributed by atoms with E-state index in [1.807, 2.05) is 31.2 Å². The van der Waals surface area contributed by atoms with Crippen LogP contribution in [0.25, 0.3) is 0 Å². The van der Waals surface area contributed by atoms with Crippen molar-refractivity contribution in [2.45, 2.75) is 25.0 Å². The van der Waals surface area contributed by atoms with Gasteiger partial charge >= 0.3 is 0 Å². The van der Waals surface area contributed by atoms with Gasteiger partial charge in [-0.05, 0) is 12.5 Å². The molecule has 3 nitrogen and oxygen atoms in total. The van der Waals surface area contributed by atoms with Gasteiger partial charge in [-0.3, -0.25) is 0 Å². The van der Waals surface area contributed by atoms with Crippen LogP contribution in [0.15, 0.2) is 24.3 Å². The normalized spacial score (nSPS) is 28.1. The smallest absolute Gasteiger partial charge is 0.153 e. The maximum Gasteiger partial charge on any atom is 0.153 e. The van der Waals surface area contributed by atoms with Crippen molar-refractivity contribution in [3.8, 4) is 0 Å². The lowest BCUT2D eigenvalue weighted by molar-refractivity contribution is 0.274. The summed E-state index contributed by atoms with van der Waals surface area (Å²) in [7, 11) is -3.05. The van der Waals surface area contributed by atoms with Crippen molar-refractivity contribution in [1.29, 1.82) is 0 Å². The van der Waals surface area contributed by atoms with E-state index < -0.39 is 9.84 Å². The summed E-state index contributed by atoms with van der Waals surface area (Å²) in [5.74, 6) is 0.00415. The molecule has 0 spiro atoms. The molecule has 17 heavy (non-hydrogen) atoms. The second-order valence-electron chi connectivity index (χ2n) is 4.70. The summed E-state index contributed by atoms with van der Waals surface area (Å²) in [5.41, 5.74) is 2.18. The van der Waals surface area contributed by atoms with Gasteiger partial charge in [0.2, 0.25) is 0 Å². The molecule has 0 aliphatic heterocycles. The summed E-state index contributed by atoms with van der Waals surface area (Å²) >= 11 is 0. The van der Waals surface area contributed by atoms with Crippen molar-refractivity contribution < 1.29 is 13.5 Å². The summed E-state index contributed by atoms with van der Waals surface area (Å²) in [6, 6.07) is 7.90. The summed E-state index contributed by atoms with van der Waals surface area (Å²) in [6.45, 7) is 3.61. The molecule has 3 atom stereocenters. The van der Waals surface area contributed by atoms with Gasteiger partial charge in [0.25, 0.3) is 0 Å². The van der Waals surface area contributed by atoms with Crippen LogP contribution in [0.5, 0.6) is 0 Å². The molecule has 2 rings (SSSR count). The molecule has 1 aromatic rings. The van der Waals surface area contributed by atoms with E-state index in [0.29, 0.717) is 0 Å². The molecule has 0 radical (unpaired) electrons. The third-order valence-corrected chi connectivity index (χ3v) is 5.86. The number of benzene rings is 1. The summed E-state index contributed by atoms with van der Waals surface area (Å²) in [6.07, 6.45) is 0. The van der Waals surface area contributed by atoms with Crippen LogP contribution in [0, 0.1) is 12.8 Å². The molecule has 0 amide bonds. The zero-order chi connectivity index (χ0) is 12.6. The summed E-state index contributed by atoms with van der Waals surface area (Å²) in [4.78, 5) is 0. The van der Waals surface area contributed by atoms with Gasteiger partial charge in [0.1, 0.15) is 0 Å². The first-order chi connectivity index (χ1) is 8.01. The molecule has 0 bridgehead atoms. The van der Waals surface area contributed by atoms with Crippen LogP contribution in [0.1, 0.15) is 24.0 Å². The average Bonchev–Trinajstić information content (AvgIpc) is 3.05. The lowest BCUT2D eigenvalue weighted by atomic mass is 10.1. The van der Waals surface area contributed by atoms with Gasteiger partial charge < -0.3 is 5.11 Å². The minimum atomic E-state index is -3.05. The van der Waals surface area contributed by atoms with Gasteiger partial charge in [-0.15, -0.1) is 0 Å². The first kappa shape index (κ1) is 12.6. The molecular weight excluding hydrogens is 236 g/mol. The van der Waals surface area contributed by atoms with E-state index in [0.717, 1.165) is 11.1 Å². The van der Waals surface area contributed by atoms with Gasteiger partial charge in [-0.2, -0.15) is 0 Å². The van der Waals surface area contributed by atoms with Crippen molar-refractivity contribution in [2.24, 2.45) is 5.92 Å². The number of hydrogen-bond acceptors (Lipinski definition) is 3. The van der Waals surface area contributed by atoms with E-state index in [-0.39, 0.29) is 29.4 Å². The van der Waals surface area contributed by atoms with Crippen molar-refractivity contribution in [3.63, 3.8) is 0 Å². The molecule has 0 heterocycles. The predicted octanol–water partition coefficient (Wildman–Crippen LogP) is 1.50. The molecule has 1 aliphatic rings. The Morgan fingerprint density at radius 3 is 2.29 bits per heavy atom. The molecule has 1 aliphatic carbocycles. The van der Waals surface area contributed by atoms with Crippen LogP contribution < -0.4 is 0 Å². The number of rotatable bonds is 4. The Labute approximate surface area is 102 Å². The number of hydrogen-bond donors (Lipinski definition) is 1. The molecule has 1 saturated carbocycles. The van der Waals surface area contributed by atoms with Gasteiger partial charge in [0.15, 0.2) is 9.84 Å². The first-order valence-electron chi connectivity index (χ1n) is 5.90. The molecule has 0 saturated heterocycles. The number of aryl methyl sites for hydroxylation is 1. The molecule has 1 fully saturated rings. The van der Waals surface area contributed by atoms with E-state index in [1.54, 1.807) is 6.92 Å². The second-order valence-corrected chi connectivity index (χ2v) is 7.15. The van der Waals surface area contributed by atoms with Crippen molar-refractivity contribution in [2.75, 3.05) is 12.4 Å². The summed E-state index contributed by atoms with van der Waals surface area (Å²) < 4.78 is 23.7. The SMILES string of the molecule is CCS(=O)(=O)[C@@H]1[C@@H](CO)[C@H]1c1ccc(C)cc1. The highest BCUT2D eigenvalue weighted by Crippen LogP contribution is 2.52. The van der Waals surface area contributed by atoms with Crippen LogP contribution in [-0.4, -0.2) is 31.1 Å². The largest absolute Gasteiger partial charge is 0.396 e. The predicted molar refractivity (Wildman–Crippen MR) is 67.7 cm³/mol. The standard InChI is InChI=1S/C13H18O3S/c1-3-17(15,16)13-11(8-14)12(13)10-6-4-9(2)5-7-10/h4-7,11-14H,3,8H2,1-2H3/t11-,12+,13+/m0/s1. The van der Waals surface area contributed by atoms with Crippen LogP contribution in [0.4, 0.5) is 0 Å². The summed E-state index contributed by atoms with van der Waals surface area (Å²) in [5, 5.41) is 8.87. The van der Waals surface area contributed by atoms with Gasteiger partial charge in [-0.1, -0.05) is 36.8 Å². The van der Waals surface area contributed by atoms with Crippen LogP contribution in [0.2, 0.25) is 0 Å². The highest BCUT2D eigenvalue weighted by molar-refractivity contribution is 7.92. The van der Waals surface area contributed by atoms with Crippen molar-refractivity contribution >= 4 is 9.84 Å². The Kier molecular flexibility index (Phi) is 3.27. The number of sulfone groups is 1. The van der Waals surface area contributed by atoms with Crippen LogP contribution in [-0.2, 0) is 9.84 Å². The quantitative estimate of drug-likeness (QED) is 0.886. The lowest BCUT2D eigenvalue weighted by Crippen LogP contribution is -2.13. The number of aliphatic hydroxyl groups excluding tert-OH is 1. The van der Waals surface area contributed by atoms with Crippen LogP contribution in [0.3, 0.4) is 0 Å². The minimum Gasteiger partial charge on any atom is -0.396 e. The molecule has 4 heteroatoms. The molecule has 94 valence electrons. The van der Waals surface area contributed by atoms with E-state index in [9.17, 15) is 13.5 Å². The van der Waals surface area contributed by atoms with E-state index >= 15 is 0 Å². The Morgan fingerprint density at radius 1 is 1.24 bits per heavy atom. The fourth-order valence-electron chi connectivity index (χ4n) is 2.47. The lowest BCUT2D eigenvalue weighted by Gasteiger charge is -2.01. The maximum absolute atomic E-state index is 11.9. The van der Waals surface area contributed by atoms with Gasteiger partial charge in [0.05, 0.1) is 5.25 Å². The molecule has 1 N–H and O–H groups in total. The fourth-order valence-corrected chi connectivity index (χ4v) is 4.36. The third-order valence-electron chi connectivity index (χ3n) is 3.59. The van der Waals surface area contributed by atoms with Crippen LogP contribution >= 0.6 is 0 Å². The average molecular weight is 254 g/mol. The first-order valence-corrected chi connectivity index (χ1v) is 7.61. The third kappa shape index (κ3) is 2.24. The van der Waals surface area contributed by atoms with Gasteiger partial charge in [-0.25, -0.2) is 8.42 Å². The highest BCUT2D eigenvalue weighted by Gasteiger charge is 2.57. The maximum atomic E-state index is 11.9. The Balaban J connectivity index is 2.26. The molecular formula is C13H18O3S. The van der Waals surface area contributed by atoms with E-state index in [4.69, 9.17) is 0 Å². The van der Waals surface area contributed by atoms with Crippen molar-refractivity contribution in [1.82, 2.24) is 0 Å². The molecule has 0 aromatic heterocycles. The fraction of sp³-hybridized carbons (Fsp3) is 0.538. The second kappa shape index (κ2) is 4.42. The van der Waals surface area contributed by atoms with Gasteiger partial charge in [0, 0.05) is 24.2 Å². The number of aliphatic hydroxyl groups is 1. The highest BCUT2D eigenvalue weighted by atomic mass is 32.2. The molecule has 1 aromatic carbocycles. The zero-order valence-electron chi connectivity index (χ0n) is 10.1. The topological polar surface area (TPSA) is 54.4 Å². The Morgan fingerprint density at radius 2 is 1.82 bits per heavy atom. The van der Waals surface area contributed by atoms with E-state index in [2.05, 4.69) is 0 Å². The minimum absolute atomic E-state index is 0.0226. The zero-order valence-corrected chi connectivity index (χ0v) is 10.9. The van der Waals surface area contributed by atoms with Crippen molar-refractivity contribution in [3.05, 3.63) is 35.4 Å².